The zero-order valence-electron chi connectivity index (χ0n) is 12.6. The van der Waals surface area contributed by atoms with Crippen molar-refractivity contribution in [1.82, 2.24) is 9.97 Å². The summed E-state index contributed by atoms with van der Waals surface area (Å²) >= 11 is 0. The lowest BCUT2D eigenvalue weighted by molar-refractivity contribution is 0.860. The second-order valence-corrected chi connectivity index (χ2v) is 5.37. The minimum Gasteiger partial charge on any atom is -0.362 e. The van der Waals surface area contributed by atoms with E-state index in [9.17, 15) is 0 Å². The van der Waals surface area contributed by atoms with Gasteiger partial charge in [-0.3, -0.25) is 0 Å². The highest BCUT2D eigenvalue weighted by Crippen LogP contribution is 2.23. The molecule has 0 fully saturated rings. The summed E-state index contributed by atoms with van der Waals surface area (Å²) in [7, 11) is 0. The number of rotatable bonds is 3. The number of nitrogens with one attached hydrogen (secondary N) is 1. The highest BCUT2D eigenvalue weighted by atomic mass is 15.0. The standard InChI is InChI=1S/C18H19N3/c1-12-8-4-5-9-15(12)13(2)20-18-14(3)19-16-10-6-7-11-17(16)21-18/h4-11,13H,1-3H3,(H,20,21). The van der Waals surface area contributed by atoms with Crippen LogP contribution in [0.25, 0.3) is 11.0 Å². The van der Waals surface area contributed by atoms with Gasteiger partial charge in [-0.15, -0.1) is 0 Å². The number of nitrogens with zero attached hydrogens (tertiary/aromatic N) is 2. The topological polar surface area (TPSA) is 37.8 Å². The van der Waals surface area contributed by atoms with Crippen LogP contribution in [-0.4, -0.2) is 9.97 Å². The van der Waals surface area contributed by atoms with Gasteiger partial charge in [0.05, 0.1) is 22.8 Å². The van der Waals surface area contributed by atoms with Crippen LogP contribution in [0.1, 0.15) is 29.8 Å². The first-order valence-corrected chi connectivity index (χ1v) is 7.20. The average molecular weight is 277 g/mol. The van der Waals surface area contributed by atoms with Crippen LogP contribution in [0, 0.1) is 13.8 Å². The summed E-state index contributed by atoms with van der Waals surface area (Å²) in [4.78, 5) is 9.32. The third-order valence-corrected chi connectivity index (χ3v) is 3.75. The van der Waals surface area contributed by atoms with Gasteiger partial charge >= 0.3 is 0 Å². The van der Waals surface area contributed by atoms with Crippen molar-refractivity contribution < 1.29 is 0 Å². The number of anilines is 1. The summed E-state index contributed by atoms with van der Waals surface area (Å²) < 4.78 is 0. The number of fused-ring (bicyclic) bond motifs is 1. The number of para-hydroxylation sites is 2. The van der Waals surface area contributed by atoms with E-state index in [2.05, 4.69) is 48.4 Å². The first-order valence-electron chi connectivity index (χ1n) is 7.20. The van der Waals surface area contributed by atoms with Gasteiger partial charge in [-0.2, -0.15) is 0 Å². The second-order valence-electron chi connectivity index (χ2n) is 5.37. The van der Waals surface area contributed by atoms with Crippen LogP contribution < -0.4 is 5.32 Å². The maximum Gasteiger partial charge on any atom is 0.148 e. The SMILES string of the molecule is Cc1ccccc1C(C)Nc1nc2ccccc2nc1C. The number of aromatic nitrogens is 2. The Kier molecular flexibility index (Phi) is 3.57. The fourth-order valence-corrected chi connectivity index (χ4v) is 2.58. The van der Waals surface area contributed by atoms with Gasteiger partial charge in [0.1, 0.15) is 5.82 Å². The largest absolute Gasteiger partial charge is 0.362 e. The van der Waals surface area contributed by atoms with Crippen molar-refractivity contribution in [2.75, 3.05) is 5.32 Å². The number of benzene rings is 2. The molecule has 106 valence electrons. The number of aryl methyl sites for hydroxylation is 2. The average Bonchev–Trinajstić information content (AvgIpc) is 2.48. The third kappa shape index (κ3) is 2.72. The van der Waals surface area contributed by atoms with E-state index in [1.165, 1.54) is 11.1 Å². The van der Waals surface area contributed by atoms with Crippen LogP contribution in [0.4, 0.5) is 5.82 Å². The van der Waals surface area contributed by atoms with E-state index in [0.29, 0.717) is 0 Å². The maximum absolute atomic E-state index is 4.70. The molecule has 3 aromatic rings. The molecule has 1 N–H and O–H groups in total. The molecule has 1 unspecified atom stereocenters. The molecule has 3 nitrogen and oxygen atoms in total. The molecule has 0 spiro atoms. The molecule has 0 bridgehead atoms. The Balaban J connectivity index is 1.94. The first-order chi connectivity index (χ1) is 10.1. The van der Waals surface area contributed by atoms with E-state index in [0.717, 1.165) is 22.5 Å². The normalized spacial score (nSPS) is 12.3. The summed E-state index contributed by atoms with van der Waals surface area (Å²) in [6, 6.07) is 16.6. The van der Waals surface area contributed by atoms with Crippen molar-refractivity contribution in [2.45, 2.75) is 26.8 Å². The molecule has 0 aliphatic carbocycles. The van der Waals surface area contributed by atoms with Gasteiger partial charge < -0.3 is 5.32 Å². The minimum absolute atomic E-state index is 0.195. The zero-order valence-corrected chi connectivity index (χ0v) is 12.6. The van der Waals surface area contributed by atoms with Gasteiger partial charge in [-0.25, -0.2) is 9.97 Å². The van der Waals surface area contributed by atoms with Crippen molar-refractivity contribution in [3.63, 3.8) is 0 Å². The van der Waals surface area contributed by atoms with Gasteiger partial charge in [0.15, 0.2) is 0 Å². The lowest BCUT2D eigenvalue weighted by Gasteiger charge is -2.18. The first kappa shape index (κ1) is 13.6. The van der Waals surface area contributed by atoms with Crippen molar-refractivity contribution in [3.8, 4) is 0 Å². The van der Waals surface area contributed by atoms with E-state index < -0.39 is 0 Å². The van der Waals surface area contributed by atoms with Crippen LogP contribution in [0.5, 0.6) is 0 Å². The Hall–Kier alpha value is -2.42. The van der Waals surface area contributed by atoms with Gasteiger partial charge in [0.25, 0.3) is 0 Å². The molecule has 21 heavy (non-hydrogen) atoms. The molecule has 0 aliphatic rings. The van der Waals surface area contributed by atoms with E-state index in [1.807, 2.05) is 31.2 Å². The predicted molar refractivity (Wildman–Crippen MR) is 87.5 cm³/mol. The summed E-state index contributed by atoms with van der Waals surface area (Å²) in [6.07, 6.45) is 0. The Morgan fingerprint density at radius 3 is 2.19 bits per heavy atom. The molecule has 3 rings (SSSR count). The molecule has 0 radical (unpaired) electrons. The fraction of sp³-hybridized carbons (Fsp3) is 0.222. The lowest BCUT2D eigenvalue weighted by Crippen LogP contribution is -2.11. The molecule has 1 heterocycles. The maximum atomic E-state index is 4.70. The molecule has 0 amide bonds. The van der Waals surface area contributed by atoms with Crippen molar-refractivity contribution in [1.29, 1.82) is 0 Å². The van der Waals surface area contributed by atoms with E-state index >= 15 is 0 Å². The molecular weight excluding hydrogens is 258 g/mol. The van der Waals surface area contributed by atoms with Crippen LogP contribution in [0.3, 0.4) is 0 Å². The minimum atomic E-state index is 0.195. The molecule has 0 aliphatic heterocycles. The Labute approximate surface area is 125 Å². The number of hydrogen-bond acceptors (Lipinski definition) is 3. The lowest BCUT2D eigenvalue weighted by atomic mass is 10.0. The summed E-state index contributed by atoms with van der Waals surface area (Å²) in [6.45, 7) is 6.28. The summed E-state index contributed by atoms with van der Waals surface area (Å²) in [5.41, 5.74) is 5.34. The van der Waals surface area contributed by atoms with Crippen LogP contribution >= 0.6 is 0 Å². The van der Waals surface area contributed by atoms with Crippen LogP contribution in [0.2, 0.25) is 0 Å². The van der Waals surface area contributed by atoms with E-state index in [-0.39, 0.29) is 6.04 Å². The predicted octanol–water partition coefficient (Wildman–Crippen LogP) is 4.42. The highest BCUT2D eigenvalue weighted by Gasteiger charge is 2.11. The Morgan fingerprint density at radius 1 is 0.857 bits per heavy atom. The Bertz CT molecular complexity index is 780. The smallest absolute Gasteiger partial charge is 0.148 e. The molecule has 2 aromatic carbocycles. The van der Waals surface area contributed by atoms with Gasteiger partial charge in [-0.05, 0) is 44.0 Å². The van der Waals surface area contributed by atoms with Crippen LogP contribution in [0.15, 0.2) is 48.5 Å². The van der Waals surface area contributed by atoms with Crippen molar-refractivity contribution >= 4 is 16.9 Å². The molecule has 0 saturated carbocycles. The quantitative estimate of drug-likeness (QED) is 0.770. The monoisotopic (exact) mass is 277 g/mol. The zero-order chi connectivity index (χ0) is 14.8. The van der Waals surface area contributed by atoms with E-state index in [4.69, 9.17) is 4.98 Å². The Morgan fingerprint density at radius 2 is 1.48 bits per heavy atom. The van der Waals surface area contributed by atoms with Gasteiger partial charge in [0, 0.05) is 0 Å². The highest BCUT2D eigenvalue weighted by molar-refractivity contribution is 5.76. The fourth-order valence-electron chi connectivity index (χ4n) is 2.58. The number of hydrogen-bond donors (Lipinski definition) is 1. The molecule has 1 atom stereocenters. The molecule has 3 heteroatoms. The second kappa shape index (κ2) is 5.52. The molecular formula is C18H19N3. The van der Waals surface area contributed by atoms with Gasteiger partial charge in [-0.1, -0.05) is 36.4 Å². The van der Waals surface area contributed by atoms with Crippen molar-refractivity contribution in [2.24, 2.45) is 0 Å². The third-order valence-electron chi connectivity index (χ3n) is 3.75. The summed E-state index contributed by atoms with van der Waals surface area (Å²) in [5, 5.41) is 3.49. The van der Waals surface area contributed by atoms with Gasteiger partial charge in [0.2, 0.25) is 0 Å². The van der Waals surface area contributed by atoms with Crippen LogP contribution in [-0.2, 0) is 0 Å². The molecule has 0 saturated heterocycles. The van der Waals surface area contributed by atoms with Crippen molar-refractivity contribution in [3.05, 3.63) is 65.4 Å². The van der Waals surface area contributed by atoms with E-state index in [1.54, 1.807) is 0 Å². The summed E-state index contributed by atoms with van der Waals surface area (Å²) in [5.74, 6) is 0.851. The molecule has 1 aromatic heterocycles.